The van der Waals surface area contributed by atoms with Crippen LogP contribution < -0.4 is 10.2 Å². The summed E-state index contributed by atoms with van der Waals surface area (Å²) in [5.41, 5.74) is -0.250. The second kappa shape index (κ2) is 5.22. The molecule has 110 valence electrons. The van der Waals surface area contributed by atoms with Crippen LogP contribution in [0.25, 0.3) is 0 Å². The van der Waals surface area contributed by atoms with Crippen LogP contribution in [0.3, 0.4) is 0 Å². The van der Waals surface area contributed by atoms with E-state index in [4.69, 9.17) is 0 Å². The molecule has 2 atom stereocenters. The molecule has 2 unspecified atom stereocenters. The molecule has 0 spiro atoms. The summed E-state index contributed by atoms with van der Waals surface area (Å²) in [5.74, 6) is 0. The maximum atomic E-state index is 13.2. The van der Waals surface area contributed by atoms with Crippen molar-refractivity contribution in [1.29, 1.82) is 0 Å². The van der Waals surface area contributed by atoms with Crippen LogP contribution in [-0.2, 0) is 6.18 Å². The van der Waals surface area contributed by atoms with E-state index in [1.165, 1.54) is 6.07 Å². The summed E-state index contributed by atoms with van der Waals surface area (Å²) in [6.07, 6.45) is -1.21. The third-order valence-electron chi connectivity index (χ3n) is 4.13. The van der Waals surface area contributed by atoms with Crippen LogP contribution in [0.1, 0.15) is 24.8 Å². The number of hydrogen-bond acceptors (Lipinski definition) is 2. The molecular weight excluding hydrogens is 333 g/mol. The maximum Gasteiger partial charge on any atom is 0.418 e. The highest BCUT2D eigenvalue weighted by molar-refractivity contribution is 9.10. The average Bonchev–Trinajstić information content (AvgIpc) is 2.67. The molecule has 2 bridgehead atoms. The van der Waals surface area contributed by atoms with Crippen molar-refractivity contribution < 1.29 is 13.2 Å². The predicted octanol–water partition coefficient (Wildman–Crippen LogP) is 3.80. The van der Waals surface area contributed by atoms with Crippen LogP contribution in [0.4, 0.5) is 18.9 Å². The van der Waals surface area contributed by atoms with Crippen molar-refractivity contribution in [1.82, 2.24) is 5.32 Å². The van der Waals surface area contributed by atoms with E-state index in [2.05, 4.69) is 21.2 Å². The molecule has 1 aromatic rings. The van der Waals surface area contributed by atoms with Crippen molar-refractivity contribution in [3.05, 3.63) is 28.2 Å². The summed E-state index contributed by atoms with van der Waals surface area (Å²) in [5, 5.41) is 3.49. The molecule has 1 N–H and O–H groups in total. The number of anilines is 1. The van der Waals surface area contributed by atoms with Gasteiger partial charge in [-0.15, -0.1) is 0 Å². The fraction of sp³-hybridized carbons (Fsp3) is 0.571. The van der Waals surface area contributed by atoms with Gasteiger partial charge in [0, 0.05) is 29.6 Å². The standard InChI is InChI=1S/C14H16BrF3N2/c15-9-1-4-12(14(16,17)18)13(7-9)20-6-5-10-2-3-11(8-20)19-10/h1,4,7,10-11,19H,2-3,5-6,8H2. The van der Waals surface area contributed by atoms with Gasteiger partial charge in [-0.1, -0.05) is 15.9 Å². The largest absolute Gasteiger partial charge is 0.418 e. The number of nitrogens with one attached hydrogen (secondary N) is 1. The molecule has 0 saturated carbocycles. The number of nitrogens with zero attached hydrogens (tertiary/aromatic N) is 1. The molecule has 6 heteroatoms. The first-order valence-electron chi connectivity index (χ1n) is 6.81. The summed E-state index contributed by atoms with van der Waals surface area (Å²) >= 11 is 3.28. The second-order valence-corrected chi connectivity index (χ2v) is 6.45. The quantitative estimate of drug-likeness (QED) is 0.830. The Hall–Kier alpha value is -0.750. The SMILES string of the molecule is FC(F)(F)c1ccc(Br)cc1N1CCC2CCC(C1)N2. The molecule has 1 aromatic carbocycles. The van der Waals surface area contributed by atoms with Crippen molar-refractivity contribution in [3.8, 4) is 0 Å². The Morgan fingerprint density at radius 3 is 2.65 bits per heavy atom. The van der Waals surface area contributed by atoms with E-state index in [1.807, 2.05) is 4.90 Å². The Kier molecular flexibility index (Phi) is 3.71. The third kappa shape index (κ3) is 2.81. The number of rotatable bonds is 1. The summed E-state index contributed by atoms with van der Waals surface area (Å²) in [7, 11) is 0. The zero-order valence-corrected chi connectivity index (χ0v) is 12.5. The maximum absolute atomic E-state index is 13.2. The molecule has 0 amide bonds. The van der Waals surface area contributed by atoms with Gasteiger partial charge in [-0.2, -0.15) is 13.2 Å². The highest BCUT2D eigenvalue weighted by Gasteiger charge is 2.37. The zero-order chi connectivity index (χ0) is 14.3. The van der Waals surface area contributed by atoms with Crippen LogP contribution in [-0.4, -0.2) is 25.2 Å². The lowest BCUT2D eigenvalue weighted by molar-refractivity contribution is -0.137. The lowest BCUT2D eigenvalue weighted by atomic mass is 10.1. The number of hydrogen-bond donors (Lipinski definition) is 1. The molecule has 0 aromatic heterocycles. The lowest BCUT2D eigenvalue weighted by Crippen LogP contribution is -2.36. The van der Waals surface area contributed by atoms with Gasteiger partial charge in [0.25, 0.3) is 0 Å². The fourth-order valence-electron chi connectivity index (χ4n) is 3.17. The Morgan fingerprint density at radius 2 is 1.90 bits per heavy atom. The molecule has 2 fully saturated rings. The summed E-state index contributed by atoms with van der Waals surface area (Å²) in [4.78, 5) is 1.88. The van der Waals surface area contributed by atoms with Crippen molar-refractivity contribution in [3.63, 3.8) is 0 Å². The second-order valence-electron chi connectivity index (χ2n) is 5.53. The monoisotopic (exact) mass is 348 g/mol. The van der Waals surface area contributed by atoms with E-state index >= 15 is 0 Å². The van der Waals surface area contributed by atoms with E-state index in [9.17, 15) is 13.2 Å². The molecule has 2 heterocycles. The first-order valence-corrected chi connectivity index (χ1v) is 7.60. The topological polar surface area (TPSA) is 15.3 Å². The molecule has 20 heavy (non-hydrogen) atoms. The third-order valence-corrected chi connectivity index (χ3v) is 4.62. The molecule has 2 saturated heterocycles. The molecule has 0 aliphatic carbocycles. The molecule has 3 rings (SSSR count). The highest BCUT2D eigenvalue weighted by atomic mass is 79.9. The van der Waals surface area contributed by atoms with Gasteiger partial charge in [0.15, 0.2) is 0 Å². The predicted molar refractivity (Wildman–Crippen MR) is 75.9 cm³/mol. The minimum atomic E-state index is -4.31. The lowest BCUT2D eigenvalue weighted by Gasteiger charge is -2.29. The van der Waals surface area contributed by atoms with E-state index in [-0.39, 0.29) is 0 Å². The minimum Gasteiger partial charge on any atom is -0.369 e. The fourth-order valence-corrected chi connectivity index (χ4v) is 3.52. The smallest absolute Gasteiger partial charge is 0.369 e. The number of fused-ring (bicyclic) bond motifs is 2. The molecular formula is C14H16BrF3N2. The Bertz CT molecular complexity index is 504. The molecule has 0 radical (unpaired) electrons. The van der Waals surface area contributed by atoms with Crippen molar-refractivity contribution in [2.75, 3.05) is 18.0 Å². The molecule has 2 aliphatic heterocycles. The van der Waals surface area contributed by atoms with Crippen molar-refractivity contribution in [2.24, 2.45) is 0 Å². The number of alkyl halides is 3. The minimum absolute atomic E-state index is 0.293. The van der Waals surface area contributed by atoms with Crippen molar-refractivity contribution >= 4 is 21.6 Å². The number of halogens is 4. The van der Waals surface area contributed by atoms with Crippen LogP contribution in [0.2, 0.25) is 0 Å². The van der Waals surface area contributed by atoms with Gasteiger partial charge < -0.3 is 10.2 Å². The Balaban J connectivity index is 1.94. The van der Waals surface area contributed by atoms with Crippen LogP contribution in [0.5, 0.6) is 0 Å². The van der Waals surface area contributed by atoms with E-state index in [1.54, 1.807) is 6.07 Å². The molecule has 2 aliphatic rings. The van der Waals surface area contributed by atoms with E-state index < -0.39 is 11.7 Å². The highest BCUT2D eigenvalue weighted by Crippen LogP contribution is 2.39. The van der Waals surface area contributed by atoms with Crippen molar-refractivity contribution in [2.45, 2.75) is 37.5 Å². The molecule has 2 nitrogen and oxygen atoms in total. The van der Waals surface area contributed by atoms with Crippen LogP contribution in [0, 0.1) is 0 Å². The van der Waals surface area contributed by atoms with E-state index in [0.29, 0.717) is 35.3 Å². The summed E-state index contributed by atoms with van der Waals surface area (Å²) < 4.78 is 40.2. The van der Waals surface area contributed by atoms with Gasteiger partial charge in [0.05, 0.1) is 11.3 Å². The van der Waals surface area contributed by atoms with Gasteiger partial charge in [-0.3, -0.25) is 0 Å². The first kappa shape index (κ1) is 14.2. The van der Waals surface area contributed by atoms with Crippen LogP contribution in [0.15, 0.2) is 22.7 Å². The number of benzene rings is 1. The normalized spacial score (nSPS) is 26.7. The first-order chi connectivity index (χ1) is 9.43. The Morgan fingerprint density at radius 1 is 1.15 bits per heavy atom. The van der Waals surface area contributed by atoms with Gasteiger partial charge >= 0.3 is 6.18 Å². The van der Waals surface area contributed by atoms with Gasteiger partial charge in [0.1, 0.15) is 0 Å². The van der Waals surface area contributed by atoms with Crippen LogP contribution >= 0.6 is 15.9 Å². The van der Waals surface area contributed by atoms with Gasteiger partial charge in [-0.05, 0) is 37.5 Å². The van der Waals surface area contributed by atoms with Gasteiger partial charge in [0.2, 0.25) is 0 Å². The average molecular weight is 349 g/mol. The zero-order valence-electron chi connectivity index (χ0n) is 10.9. The van der Waals surface area contributed by atoms with Gasteiger partial charge in [-0.25, -0.2) is 0 Å². The summed E-state index contributed by atoms with van der Waals surface area (Å²) in [6.45, 7) is 1.32. The van der Waals surface area contributed by atoms with E-state index in [0.717, 1.165) is 25.3 Å². The Labute approximate surface area is 124 Å². The summed E-state index contributed by atoms with van der Waals surface area (Å²) in [6, 6.07) is 4.97.